The van der Waals surface area contributed by atoms with Gasteiger partial charge in [0, 0.05) is 13.1 Å². The number of amides is 2. The molecule has 5 nitrogen and oxygen atoms in total. The van der Waals surface area contributed by atoms with Crippen molar-refractivity contribution >= 4 is 12.0 Å². The van der Waals surface area contributed by atoms with Crippen molar-refractivity contribution in [1.29, 1.82) is 0 Å². The summed E-state index contributed by atoms with van der Waals surface area (Å²) in [7, 11) is 0.996. The van der Waals surface area contributed by atoms with Gasteiger partial charge >= 0.3 is 18.2 Å². The van der Waals surface area contributed by atoms with Crippen LogP contribution < -0.4 is 5.32 Å². The van der Waals surface area contributed by atoms with Crippen LogP contribution in [0.1, 0.15) is 19.8 Å². The van der Waals surface area contributed by atoms with E-state index >= 15 is 0 Å². The molecule has 0 bridgehead atoms. The van der Waals surface area contributed by atoms with Crippen LogP contribution in [0, 0.1) is 0 Å². The summed E-state index contributed by atoms with van der Waals surface area (Å²) in [6.45, 7) is 0.264. The molecule has 2 amide bonds. The van der Waals surface area contributed by atoms with Gasteiger partial charge in [0.25, 0.3) is 0 Å². The summed E-state index contributed by atoms with van der Waals surface area (Å²) in [5.74, 6) is -1.12. The molecule has 0 aromatic heterocycles. The second-order valence-corrected chi connectivity index (χ2v) is 3.62. The highest BCUT2D eigenvalue weighted by atomic mass is 19.4. The summed E-state index contributed by atoms with van der Waals surface area (Å²) in [5.41, 5.74) is 0. The zero-order chi connectivity index (χ0) is 13.6. The van der Waals surface area contributed by atoms with Crippen LogP contribution >= 0.6 is 0 Å². The van der Waals surface area contributed by atoms with Crippen LogP contribution in [0.15, 0.2) is 0 Å². The fourth-order valence-electron chi connectivity index (χ4n) is 1.13. The molecule has 0 rings (SSSR count). The Morgan fingerprint density at radius 3 is 2.29 bits per heavy atom. The number of rotatable bonds is 5. The molecule has 17 heavy (non-hydrogen) atoms. The molecule has 0 fully saturated rings. The lowest BCUT2D eigenvalue weighted by molar-refractivity contribution is -0.139. The van der Waals surface area contributed by atoms with Gasteiger partial charge in [-0.3, -0.25) is 4.79 Å². The third-order valence-corrected chi connectivity index (χ3v) is 2.00. The average molecular weight is 256 g/mol. The summed E-state index contributed by atoms with van der Waals surface area (Å²) >= 11 is 0. The maximum atomic E-state index is 12.0. The zero-order valence-electron chi connectivity index (χ0n) is 9.54. The number of urea groups is 1. The smallest absolute Gasteiger partial charge is 0.406 e. The summed E-state index contributed by atoms with van der Waals surface area (Å²) < 4.78 is 35.9. The van der Waals surface area contributed by atoms with E-state index in [0.29, 0.717) is 11.3 Å². The van der Waals surface area contributed by atoms with E-state index in [-0.39, 0.29) is 6.42 Å². The second-order valence-electron chi connectivity index (χ2n) is 3.62. The van der Waals surface area contributed by atoms with E-state index in [1.54, 1.807) is 6.92 Å². The Labute approximate surface area is 96.6 Å². The molecule has 0 aliphatic carbocycles. The van der Waals surface area contributed by atoms with Gasteiger partial charge in [0.2, 0.25) is 0 Å². The molecule has 0 saturated heterocycles. The van der Waals surface area contributed by atoms with E-state index < -0.39 is 30.8 Å². The van der Waals surface area contributed by atoms with Crippen molar-refractivity contribution in [2.24, 2.45) is 0 Å². The van der Waals surface area contributed by atoms with Crippen molar-refractivity contribution in [3.8, 4) is 0 Å². The first-order chi connectivity index (χ1) is 7.65. The minimum atomic E-state index is -4.47. The van der Waals surface area contributed by atoms with Gasteiger partial charge in [0.15, 0.2) is 0 Å². The second kappa shape index (κ2) is 6.31. The first-order valence-corrected chi connectivity index (χ1v) is 4.96. The number of nitrogens with one attached hydrogen (secondary N) is 1. The predicted octanol–water partition coefficient (Wildman–Crippen LogP) is 1.44. The van der Waals surface area contributed by atoms with E-state index in [1.807, 2.05) is 0 Å². The van der Waals surface area contributed by atoms with Gasteiger partial charge in [-0.2, -0.15) is 13.2 Å². The summed E-state index contributed by atoms with van der Waals surface area (Å²) in [6.07, 6.45) is -4.46. The van der Waals surface area contributed by atoms with Crippen molar-refractivity contribution in [2.75, 3.05) is 13.6 Å². The van der Waals surface area contributed by atoms with Crippen LogP contribution in [-0.4, -0.2) is 47.8 Å². The fourth-order valence-corrected chi connectivity index (χ4v) is 1.13. The highest BCUT2D eigenvalue weighted by Crippen LogP contribution is 2.15. The van der Waals surface area contributed by atoms with E-state index in [0.717, 1.165) is 7.05 Å². The van der Waals surface area contributed by atoms with Crippen LogP contribution in [-0.2, 0) is 4.79 Å². The van der Waals surface area contributed by atoms with E-state index in [4.69, 9.17) is 5.11 Å². The molecule has 1 unspecified atom stereocenters. The minimum Gasteiger partial charge on any atom is -0.481 e. The highest BCUT2D eigenvalue weighted by Gasteiger charge is 2.31. The lowest BCUT2D eigenvalue weighted by Gasteiger charge is -2.22. The van der Waals surface area contributed by atoms with Gasteiger partial charge in [-0.1, -0.05) is 6.92 Å². The summed E-state index contributed by atoms with van der Waals surface area (Å²) in [6, 6.07) is -1.61. The molecular formula is C9H15F3N2O3. The van der Waals surface area contributed by atoms with Gasteiger partial charge in [-0.05, 0) is 6.42 Å². The first kappa shape index (κ1) is 15.5. The van der Waals surface area contributed by atoms with Crippen LogP contribution in [0.2, 0.25) is 0 Å². The number of aliphatic carboxylic acids is 1. The average Bonchev–Trinajstić information content (AvgIpc) is 2.13. The number of nitrogens with zero attached hydrogens (tertiary/aromatic N) is 1. The third-order valence-electron chi connectivity index (χ3n) is 2.00. The number of carbonyl (C=O) groups is 2. The molecule has 2 N–H and O–H groups in total. The predicted molar refractivity (Wildman–Crippen MR) is 53.5 cm³/mol. The van der Waals surface area contributed by atoms with Crippen LogP contribution in [0.5, 0.6) is 0 Å². The Bertz CT molecular complexity index is 281. The lowest BCUT2D eigenvalue weighted by atomic mass is 10.1. The Morgan fingerprint density at radius 2 is 1.94 bits per heavy atom. The lowest BCUT2D eigenvalue weighted by Crippen LogP contribution is -2.46. The van der Waals surface area contributed by atoms with Crippen molar-refractivity contribution in [3.63, 3.8) is 0 Å². The molecule has 0 aromatic carbocycles. The van der Waals surface area contributed by atoms with Crippen molar-refractivity contribution in [3.05, 3.63) is 0 Å². The third kappa shape index (κ3) is 7.42. The molecule has 0 heterocycles. The SMILES string of the molecule is CCC(CC(=O)O)NC(=O)N(C)CC(F)(F)F. The van der Waals surface area contributed by atoms with Crippen molar-refractivity contribution in [1.82, 2.24) is 10.2 Å². The van der Waals surface area contributed by atoms with Gasteiger partial charge in [-0.15, -0.1) is 0 Å². The van der Waals surface area contributed by atoms with Crippen molar-refractivity contribution in [2.45, 2.75) is 32.0 Å². The van der Waals surface area contributed by atoms with Crippen LogP contribution in [0.4, 0.5) is 18.0 Å². The molecule has 0 saturated carbocycles. The molecule has 8 heteroatoms. The maximum absolute atomic E-state index is 12.0. The van der Waals surface area contributed by atoms with Gasteiger partial charge < -0.3 is 15.3 Å². The normalized spacial score (nSPS) is 13.0. The number of carboxylic acids is 1. The van der Waals surface area contributed by atoms with Gasteiger partial charge in [0.05, 0.1) is 6.42 Å². The van der Waals surface area contributed by atoms with E-state index in [9.17, 15) is 22.8 Å². The van der Waals surface area contributed by atoms with Crippen LogP contribution in [0.3, 0.4) is 0 Å². The monoisotopic (exact) mass is 256 g/mol. The number of hydrogen-bond donors (Lipinski definition) is 2. The maximum Gasteiger partial charge on any atom is 0.406 e. The minimum absolute atomic E-state index is 0.317. The number of hydrogen-bond acceptors (Lipinski definition) is 2. The van der Waals surface area contributed by atoms with Gasteiger partial charge in [-0.25, -0.2) is 4.79 Å². The molecule has 0 aliphatic rings. The highest BCUT2D eigenvalue weighted by molar-refractivity contribution is 5.75. The quantitative estimate of drug-likeness (QED) is 0.782. The standard InChI is InChI=1S/C9H15F3N2O3/c1-3-6(4-7(15)16)13-8(17)14(2)5-9(10,11)12/h6H,3-5H2,1-2H3,(H,13,17)(H,15,16). The largest absolute Gasteiger partial charge is 0.481 e. The number of carboxylic acid groups (broad SMARTS) is 1. The number of alkyl halides is 3. The Hall–Kier alpha value is -1.47. The summed E-state index contributed by atoms with van der Waals surface area (Å²) in [4.78, 5) is 22.2. The molecule has 0 aromatic rings. The Kier molecular flexibility index (Phi) is 5.77. The molecule has 0 aliphatic heterocycles. The Balaban J connectivity index is 4.26. The first-order valence-electron chi connectivity index (χ1n) is 4.96. The fraction of sp³-hybridized carbons (Fsp3) is 0.778. The van der Waals surface area contributed by atoms with E-state index in [2.05, 4.69) is 5.32 Å². The molecule has 0 spiro atoms. The van der Waals surface area contributed by atoms with Gasteiger partial charge in [0.1, 0.15) is 6.54 Å². The van der Waals surface area contributed by atoms with Crippen LogP contribution in [0.25, 0.3) is 0 Å². The van der Waals surface area contributed by atoms with Crippen molar-refractivity contribution < 1.29 is 27.9 Å². The van der Waals surface area contributed by atoms with E-state index in [1.165, 1.54) is 0 Å². The zero-order valence-corrected chi connectivity index (χ0v) is 9.54. The Morgan fingerprint density at radius 1 is 1.41 bits per heavy atom. The summed E-state index contributed by atoms with van der Waals surface area (Å²) in [5, 5.41) is 10.7. The molecule has 1 atom stereocenters. The topological polar surface area (TPSA) is 69.6 Å². The molecule has 0 radical (unpaired) electrons. The number of carbonyl (C=O) groups excluding carboxylic acids is 1. The molecule has 100 valence electrons. The number of halogens is 3. The molecular weight excluding hydrogens is 241 g/mol.